The molecule has 2 aromatic carbocycles. The van der Waals surface area contributed by atoms with Gasteiger partial charge < -0.3 is 9.80 Å². The molecule has 0 bridgehead atoms. The van der Waals surface area contributed by atoms with Gasteiger partial charge in [0.1, 0.15) is 0 Å². The van der Waals surface area contributed by atoms with Crippen LogP contribution in [0.4, 0.5) is 5.69 Å². The van der Waals surface area contributed by atoms with Crippen molar-refractivity contribution in [3.8, 4) is 0 Å². The van der Waals surface area contributed by atoms with E-state index in [2.05, 4.69) is 46.2 Å². The van der Waals surface area contributed by atoms with Gasteiger partial charge in [0, 0.05) is 29.7 Å². The lowest BCUT2D eigenvalue weighted by Gasteiger charge is -2.28. The number of amides is 1. The number of carbonyl (C=O) groups is 1. The first-order valence-electron chi connectivity index (χ1n) is 10.1. The van der Waals surface area contributed by atoms with Crippen molar-refractivity contribution in [1.29, 1.82) is 0 Å². The summed E-state index contributed by atoms with van der Waals surface area (Å²) in [6.45, 7) is 4.11. The Bertz CT molecular complexity index is 859. The average Bonchev–Trinajstić information content (AvgIpc) is 3.41. The van der Waals surface area contributed by atoms with Crippen LogP contribution in [0.5, 0.6) is 0 Å². The van der Waals surface area contributed by atoms with Gasteiger partial charge >= 0.3 is 0 Å². The van der Waals surface area contributed by atoms with Crippen LogP contribution in [0.3, 0.4) is 0 Å². The van der Waals surface area contributed by atoms with Gasteiger partial charge in [0.2, 0.25) is 5.91 Å². The molecule has 2 fully saturated rings. The highest BCUT2D eigenvalue weighted by atomic mass is 35.5. The summed E-state index contributed by atoms with van der Waals surface area (Å²) in [4.78, 5) is 18.1. The zero-order valence-electron chi connectivity index (χ0n) is 15.5. The quantitative estimate of drug-likeness (QED) is 0.774. The summed E-state index contributed by atoms with van der Waals surface area (Å²) in [5.41, 5.74) is 3.21. The second kappa shape index (κ2) is 6.65. The normalized spacial score (nSPS) is 27.2. The third kappa shape index (κ3) is 2.79. The van der Waals surface area contributed by atoms with Gasteiger partial charge in [-0.05, 0) is 61.7 Å². The van der Waals surface area contributed by atoms with Gasteiger partial charge in [-0.1, -0.05) is 48.4 Å². The fourth-order valence-corrected chi connectivity index (χ4v) is 5.22. The van der Waals surface area contributed by atoms with Gasteiger partial charge in [0.25, 0.3) is 0 Å². The Morgan fingerprint density at radius 1 is 0.963 bits per heavy atom. The number of halogens is 1. The van der Waals surface area contributed by atoms with Crippen LogP contribution < -0.4 is 4.90 Å². The minimum absolute atomic E-state index is 0.267. The molecule has 140 valence electrons. The number of anilines is 1. The van der Waals surface area contributed by atoms with E-state index < -0.39 is 0 Å². The molecule has 2 atom stereocenters. The maximum Gasteiger partial charge on any atom is 0.238 e. The summed E-state index contributed by atoms with van der Waals surface area (Å²) in [7, 11) is 0. The van der Waals surface area contributed by atoms with Crippen LogP contribution in [0.25, 0.3) is 0 Å². The summed E-state index contributed by atoms with van der Waals surface area (Å²) < 4.78 is 0. The van der Waals surface area contributed by atoms with E-state index in [0.29, 0.717) is 5.91 Å². The van der Waals surface area contributed by atoms with Crippen LogP contribution >= 0.6 is 11.6 Å². The van der Waals surface area contributed by atoms with E-state index in [0.717, 1.165) is 30.2 Å². The average molecular weight is 381 g/mol. The molecule has 1 saturated carbocycles. The highest BCUT2D eigenvalue weighted by Crippen LogP contribution is 2.66. The number of para-hydroxylation sites is 1. The van der Waals surface area contributed by atoms with Gasteiger partial charge in [-0.3, -0.25) is 4.79 Å². The number of benzene rings is 2. The molecule has 3 aliphatic rings. The number of carbonyl (C=O) groups excluding carboxylic acids is 1. The molecule has 27 heavy (non-hydrogen) atoms. The lowest BCUT2D eigenvalue weighted by atomic mass is 9.92. The third-order valence-electron chi connectivity index (χ3n) is 6.62. The molecule has 3 nitrogen and oxygen atoms in total. The van der Waals surface area contributed by atoms with E-state index in [1.165, 1.54) is 43.5 Å². The van der Waals surface area contributed by atoms with Crippen molar-refractivity contribution in [1.82, 2.24) is 4.90 Å². The fraction of sp³-hybridized carbons (Fsp3) is 0.435. The van der Waals surface area contributed by atoms with E-state index >= 15 is 0 Å². The van der Waals surface area contributed by atoms with Crippen LogP contribution in [-0.2, 0) is 10.2 Å². The number of piperidine rings is 1. The summed E-state index contributed by atoms with van der Waals surface area (Å²) in [6, 6.07) is 16.4. The van der Waals surface area contributed by atoms with Crippen LogP contribution in [0.2, 0.25) is 5.02 Å². The molecular formula is C23H25ClN2O. The van der Waals surface area contributed by atoms with Crippen molar-refractivity contribution < 1.29 is 4.79 Å². The number of rotatable bonds is 4. The van der Waals surface area contributed by atoms with Crippen molar-refractivity contribution in [2.45, 2.75) is 37.0 Å². The Labute approximate surface area is 165 Å². The molecule has 2 heterocycles. The van der Waals surface area contributed by atoms with E-state index in [1.54, 1.807) is 0 Å². The molecule has 1 aliphatic carbocycles. The topological polar surface area (TPSA) is 23.6 Å². The molecule has 2 aliphatic heterocycles. The SMILES string of the molecule is O=C1N(CCN2CCCCC2)c2ccccc2[C@@]12CC2c1ccc(Cl)cc1. The summed E-state index contributed by atoms with van der Waals surface area (Å²) >= 11 is 6.06. The van der Waals surface area contributed by atoms with Crippen LogP contribution in [0, 0.1) is 0 Å². The smallest absolute Gasteiger partial charge is 0.238 e. The standard InChI is InChI=1S/C23H25ClN2O/c24-18-10-8-17(9-11-18)20-16-23(20)19-6-2-3-7-21(19)26(22(23)27)15-14-25-12-4-1-5-13-25/h2-3,6-11,20H,1,4-5,12-16H2/t20?,23-/m1/s1. The maximum atomic E-state index is 13.6. The number of hydrogen-bond acceptors (Lipinski definition) is 2. The van der Waals surface area contributed by atoms with Crippen molar-refractivity contribution in [3.63, 3.8) is 0 Å². The highest BCUT2D eigenvalue weighted by Gasteiger charge is 2.66. The maximum absolute atomic E-state index is 13.6. The molecule has 5 rings (SSSR count). The van der Waals surface area contributed by atoms with Crippen LogP contribution in [-0.4, -0.2) is 37.0 Å². The molecule has 1 saturated heterocycles. The Balaban J connectivity index is 1.41. The number of likely N-dealkylation sites (tertiary alicyclic amines) is 1. The molecule has 0 N–H and O–H groups in total. The first kappa shape index (κ1) is 17.3. The molecule has 0 radical (unpaired) electrons. The van der Waals surface area contributed by atoms with Crippen molar-refractivity contribution in [2.24, 2.45) is 0 Å². The number of hydrogen-bond donors (Lipinski definition) is 0. The van der Waals surface area contributed by atoms with Gasteiger partial charge in [0.05, 0.1) is 5.41 Å². The Kier molecular flexibility index (Phi) is 4.25. The first-order valence-corrected chi connectivity index (χ1v) is 10.5. The van der Waals surface area contributed by atoms with E-state index in [1.807, 2.05) is 12.1 Å². The predicted octanol–water partition coefficient (Wildman–Crippen LogP) is 4.60. The molecule has 1 unspecified atom stereocenters. The van der Waals surface area contributed by atoms with E-state index in [9.17, 15) is 4.79 Å². The Hall–Kier alpha value is -1.84. The molecule has 1 spiro atoms. The lowest BCUT2D eigenvalue weighted by Crippen LogP contribution is -2.41. The third-order valence-corrected chi connectivity index (χ3v) is 6.88. The van der Waals surface area contributed by atoms with Gasteiger partial charge in [-0.25, -0.2) is 0 Å². The number of fused-ring (bicyclic) bond motifs is 2. The molecule has 4 heteroatoms. The second-order valence-corrected chi connectivity index (χ2v) is 8.59. The van der Waals surface area contributed by atoms with Crippen molar-refractivity contribution in [3.05, 3.63) is 64.7 Å². The lowest BCUT2D eigenvalue weighted by molar-refractivity contribution is -0.120. The summed E-state index contributed by atoms with van der Waals surface area (Å²) in [5.74, 6) is 0.559. The molecule has 1 amide bonds. The summed E-state index contributed by atoms with van der Waals surface area (Å²) in [5, 5.41) is 0.745. The monoisotopic (exact) mass is 380 g/mol. The molecule has 2 aromatic rings. The van der Waals surface area contributed by atoms with E-state index in [4.69, 9.17) is 11.6 Å². The van der Waals surface area contributed by atoms with Gasteiger partial charge in [-0.15, -0.1) is 0 Å². The Morgan fingerprint density at radius 3 is 2.48 bits per heavy atom. The zero-order valence-corrected chi connectivity index (χ0v) is 16.3. The zero-order chi connectivity index (χ0) is 18.4. The van der Waals surface area contributed by atoms with Crippen molar-refractivity contribution >= 4 is 23.2 Å². The fourth-order valence-electron chi connectivity index (χ4n) is 5.09. The van der Waals surface area contributed by atoms with Crippen LogP contribution in [0.1, 0.15) is 42.7 Å². The van der Waals surface area contributed by atoms with Crippen molar-refractivity contribution in [2.75, 3.05) is 31.1 Å². The first-order chi connectivity index (χ1) is 13.2. The highest BCUT2D eigenvalue weighted by molar-refractivity contribution is 6.30. The predicted molar refractivity (Wildman–Crippen MR) is 110 cm³/mol. The Morgan fingerprint density at radius 2 is 1.70 bits per heavy atom. The molecular weight excluding hydrogens is 356 g/mol. The largest absolute Gasteiger partial charge is 0.310 e. The summed E-state index contributed by atoms with van der Waals surface area (Å²) in [6.07, 6.45) is 4.82. The van der Waals surface area contributed by atoms with E-state index in [-0.39, 0.29) is 11.3 Å². The molecule has 0 aromatic heterocycles. The number of nitrogens with zero attached hydrogens (tertiary/aromatic N) is 2. The van der Waals surface area contributed by atoms with Gasteiger partial charge in [-0.2, -0.15) is 0 Å². The van der Waals surface area contributed by atoms with Crippen LogP contribution in [0.15, 0.2) is 48.5 Å². The van der Waals surface area contributed by atoms with Gasteiger partial charge in [0.15, 0.2) is 0 Å². The second-order valence-electron chi connectivity index (χ2n) is 8.16. The minimum atomic E-state index is -0.355. The minimum Gasteiger partial charge on any atom is -0.310 e.